The molecule has 0 radical (unpaired) electrons. The maximum absolute atomic E-state index is 10.5. The number of hydrogen-bond donors (Lipinski definition) is 2. The Morgan fingerprint density at radius 1 is 1.54 bits per heavy atom. The highest BCUT2D eigenvalue weighted by Crippen LogP contribution is 1.94. The zero-order valence-electron chi connectivity index (χ0n) is 6.86. The van der Waals surface area contributed by atoms with E-state index in [0.717, 1.165) is 5.56 Å². The van der Waals surface area contributed by atoms with Crippen LogP contribution in [0.15, 0.2) is 24.5 Å². The van der Waals surface area contributed by atoms with Crippen molar-refractivity contribution < 1.29 is 4.79 Å². The summed E-state index contributed by atoms with van der Waals surface area (Å²) in [6.07, 6.45) is 3.34. The third-order valence-electron chi connectivity index (χ3n) is 1.43. The Labute approximate surface area is 81.2 Å². The van der Waals surface area contributed by atoms with Gasteiger partial charge in [-0.3, -0.25) is 9.78 Å². The molecule has 0 saturated carbocycles. The van der Waals surface area contributed by atoms with Crippen LogP contribution in [0.1, 0.15) is 5.56 Å². The zero-order chi connectivity index (χ0) is 9.68. The lowest BCUT2D eigenvalue weighted by atomic mass is 10.3. The van der Waals surface area contributed by atoms with Crippen molar-refractivity contribution in [2.45, 2.75) is 6.54 Å². The lowest BCUT2D eigenvalue weighted by Gasteiger charge is -2.03. The van der Waals surface area contributed by atoms with Crippen molar-refractivity contribution in [2.24, 2.45) is 5.73 Å². The first kappa shape index (κ1) is 9.60. The largest absolute Gasteiger partial charge is 0.368 e. The number of pyridine rings is 1. The van der Waals surface area contributed by atoms with Crippen molar-refractivity contribution in [1.82, 2.24) is 10.3 Å². The Morgan fingerprint density at radius 3 is 2.69 bits per heavy atom. The molecular formula is C8H9N3OS. The molecule has 1 aromatic rings. The minimum atomic E-state index is -0.607. The van der Waals surface area contributed by atoms with Crippen LogP contribution < -0.4 is 11.1 Å². The number of nitrogens with one attached hydrogen (secondary N) is 1. The third-order valence-corrected chi connectivity index (χ3v) is 1.77. The summed E-state index contributed by atoms with van der Waals surface area (Å²) in [5.41, 5.74) is 5.94. The summed E-state index contributed by atoms with van der Waals surface area (Å²) in [7, 11) is 0. The molecular weight excluding hydrogens is 186 g/mol. The second-order valence-electron chi connectivity index (χ2n) is 2.40. The summed E-state index contributed by atoms with van der Waals surface area (Å²) >= 11 is 4.68. The number of rotatable bonds is 2. The summed E-state index contributed by atoms with van der Waals surface area (Å²) in [6, 6.07) is 3.66. The molecule has 1 heterocycles. The molecule has 0 fully saturated rings. The molecule has 5 heteroatoms. The zero-order valence-corrected chi connectivity index (χ0v) is 7.67. The Morgan fingerprint density at radius 2 is 2.15 bits per heavy atom. The molecule has 1 amide bonds. The van der Waals surface area contributed by atoms with Gasteiger partial charge in [-0.2, -0.15) is 0 Å². The molecule has 13 heavy (non-hydrogen) atoms. The summed E-state index contributed by atoms with van der Waals surface area (Å²) in [6.45, 7) is 0.490. The van der Waals surface area contributed by atoms with E-state index in [4.69, 9.17) is 5.73 Å². The molecule has 4 nitrogen and oxygen atoms in total. The van der Waals surface area contributed by atoms with Crippen molar-refractivity contribution in [3.05, 3.63) is 30.1 Å². The quantitative estimate of drug-likeness (QED) is 0.651. The van der Waals surface area contributed by atoms with E-state index in [1.807, 2.05) is 12.1 Å². The van der Waals surface area contributed by atoms with Crippen LogP contribution in [0.5, 0.6) is 0 Å². The number of thiocarbonyl (C=S) groups is 1. The maximum atomic E-state index is 10.5. The second kappa shape index (κ2) is 4.51. The molecule has 1 rings (SSSR count). The topological polar surface area (TPSA) is 68.0 Å². The fraction of sp³-hybridized carbons (Fsp3) is 0.125. The standard InChI is InChI=1S/C8H9N3OS/c9-7(12)8(13)11-5-6-1-3-10-4-2-6/h1-4H,5H2,(H2,9,12)(H,11,13). The molecule has 1 aromatic heterocycles. The lowest BCUT2D eigenvalue weighted by molar-refractivity contribution is -0.112. The SMILES string of the molecule is NC(=O)C(=S)NCc1ccncc1. The first-order chi connectivity index (χ1) is 6.20. The highest BCUT2D eigenvalue weighted by molar-refractivity contribution is 7.82. The van der Waals surface area contributed by atoms with Gasteiger partial charge in [0, 0.05) is 18.9 Å². The van der Waals surface area contributed by atoms with Gasteiger partial charge in [0.1, 0.15) is 0 Å². The average molecular weight is 195 g/mol. The smallest absolute Gasteiger partial charge is 0.276 e. The number of primary amides is 1. The number of hydrogen-bond acceptors (Lipinski definition) is 3. The van der Waals surface area contributed by atoms with Crippen molar-refractivity contribution in [2.75, 3.05) is 0 Å². The Balaban J connectivity index is 2.44. The van der Waals surface area contributed by atoms with E-state index in [9.17, 15) is 4.79 Å². The van der Waals surface area contributed by atoms with Gasteiger partial charge in [0.2, 0.25) is 0 Å². The minimum absolute atomic E-state index is 0.0526. The van der Waals surface area contributed by atoms with E-state index in [2.05, 4.69) is 22.5 Å². The number of nitrogens with zero attached hydrogens (tertiary/aromatic N) is 1. The molecule has 0 atom stereocenters. The van der Waals surface area contributed by atoms with Gasteiger partial charge in [0.15, 0.2) is 4.99 Å². The van der Waals surface area contributed by atoms with Crippen LogP contribution in [0.4, 0.5) is 0 Å². The van der Waals surface area contributed by atoms with Crippen LogP contribution in [0.25, 0.3) is 0 Å². The fourth-order valence-electron chi connectivity index (χ4n) is 0.770. The van der Waals surface area contributed by atoms with Gasteiger partial charge < -0.3 is 11.1 Å². The van der Waals surface area contributed by atoms with E-state index < -0.39 is 5.91 Å². The fourth-order valence-corrected chi connectivity index (χ4v) is 0.842. The van der Waals surface area contributed by atoms with Gasteiger partial charge in [0.05, 0.1) is 0 Å². The van der Waals surface area contributed by atoms with Gasteiger partial charge >= 0.3 is 0 Å². The predicted octanol–water partition coefficient (Wildman–Crippen LogP) is -0.0161. The monoisotopic (exact) mass is 195 g/mol. The van der Waals surface area contributed by atoms with Crippen LogP contribution >= 0.6 is 12.2 Å². The van der Waals surface area contributed by atoms with Crippen LogP contribution in [0.3, 0.4) is 0 Å². The van der Waals surface area contributed by atoms with Gasteiger partial charge in [-0.05, 0) is 17.7 Å². The van der Waals surface area contributed by atoms with E-state index in [1.54, 1.807) is 12.4 Å². The number of carbonyl (C=O) groups is 1. The molecule has 0 spiro atoms. The molecule has 68 valence electrons. The molecule has 3 N–H and O–H groups in total. The lowest BCUT2D eigenvalue weighted by Crippen LogP contribution is -2.33. The number of aromatic nitrogens is 1. The van der Waals surface area contributed by atoms with E-state index in [-0.39, 0.29) is 4.99 Å². The summed E-state index contributed by atoms with van der Waals surface area (Å²) in [5, 5.41) is 2.73. The molecule has 0 saturated heterocycles. The van der Waals surface area contributed by atoms with E-state index in [1.165, 1.54) is 0 Å². The highest BCUT2D eigenvalue weighted by Gasteiger charge is 2.01. The molecule has 0 aromatic carbocycles. The number of nitrogens with two attached hydrogens (primary N) is 1. The Bertz CT molecular complexity index is 312. The predicted molar refractivity (Wildman–Crippen MR) is 52.9 cm³/mol. The average Bonchev–Trinajstić information content (AvgIpc) is 2.15. The van der Waals surface area contributed by atoms with Gasteiger partial charge in [-0.1, -0.05) is 12.2 Å². The first-order valence-electron chi connectivity index (χ1n) is 3.66. The Kier molecular flexibility index (Phi) is 3.33. The Hall–Kier alpha value is -1.49. The van der Waals surface area contributed by atoms with Gasteiger partial charge in [0.25, 0.3) is 5.91 Å². The number of carbonyl (C=O) groups excluding carboxylic acids is 1. The van der Waals surface area contributed by atoms with Crippen LogP contribution in [-0.4, -0.2) is 15.9 Å². The molecule has 0 aliphatic rings. The minimum Gasteiger partial charge on any atom is -0.368 e. The van der Waals surface area contributed by atoms with Crippen molar-refractivity contribution >= 4 is 23.1 Å². The van der Waals surface area contributed by atoms with Crippen molar-refractivity contribution in [3.8, 4) is 0 Å². The second-order valence-corrected chi connectivity index (χ2v) is 2.81. The number of amides is 1. The van der Waals surface area contributed by atoms with Gasteiger partial charge in [-0.25, -0.2) is 0 Å². The molecule has 0 aliphatic heterocycles. The van der Waals surface area contributed by atoms with Crippen molar-refractivity contribution in [3.63, 3.8) is 0 Å². The van der Waals surface area contributed by atoms with Crippen LogP contribution in [0, 0.1) is 0 Å². The normalized spacial score (nSPS) is 9.23. The van der Waals surface area contributed by atoms with Crippen LogP contribution in [0.2, 0.25) is 0 Å². The molecule has 0 aliphatic carbocycles. The summed E-state index contributed by atoms with van der Waals surface area (Å²) in [4.78, 5) is 14.4. The molecule has 0 unspecified atom stereocenters. The maximum Gasteiger partial charge on any atom is 0.276 e. The van der Waals surface area contributed by atoms with Crippen LogP contribution in [-0.2, 0) is 11.3 Å². The van der Waals surface area contributed by atoms with Crippen molar-refractivity contribution in [1.29, 1.82) is 0 Å². The van der Waals surface area contributed by atoms with E-state index in [0.29, 0.717) is 6.54 Å². The summed E-state index contributed by atoms with van der Waals surface area (Å²) in [5.74, 6) is -0.607. The summed E-state index contributed by atoms with van der Waals surface area (Å²) < 4.78 is 0. The highest BCUT2D eigenvalue weighted by atomic mass is 32.1. The first-order valence-corrected chi connectivity index (χ1v) is 4.07. The molecule has 0 bridgehead atoms. The van der Waals surface area contributed by atoms with Gasteiger partial charge in [-0.15, -0.1) is 0 Å². The van der Waals surface area contributed by atoms with E-state index >= 15 is 0 Å². The third kappa shape index (κ3) is 3.16.